The molecule has 0 unspecified atom stereocenters. The Hall–Kier alpha value is -1.52. The van der Waals surface area contributed by atoms with Crippen molar-refractivity contribution in [2.75, 3.05) is 11.1 Å². The molecule has 0 aliphatic rings. The van der Waals surface area contributed by atoms with E-state index in [1.165, 1.54) is 6.33 Å². The lowest BCUT2D eigenvalue weighted by atomic mass is 10.2. The summed E-state index contributed by atoms with van der Waals surface area (Å²) in [4.78, 5) is 7.78. The van der Waals surface area contributed by atoms with Crippen molar-refractivity contribution in [3.8, 4) is 0 Å². The first kappa shape index (κ1) is 12.0. The first-order valence-corrected chi connectivity index (χ1v) is 5.67. The number of nitrogens with one attached hydrogen (secondary N) is 1. The van der Waals surface area contributed by atoms with Crippen LogP contribution in [0.25, 0.3) is 0 Å². The third-order valence-corrected chi connectivity index (χ3v) is 2.91. The average molecular weight is 269 g/mol. The maximum atomic E-state index is 6.03. The van der Waals surface area contributed by atoms with E-state index < -0.39 is 0 Å². The van der Waals surface area contributed by atoms with Crippen LogP contribution in [0, 0.1) is 0 Å². The summed E-state index contributed by atoms with van der Waals surface area (Å²) in [6.07, 6.45) is 1.35. The second kappa shape index (κ2) is 5.21. The third kappa shape index (κ3) is 2.78. The lowest BCUT2D eigenvalue weighted by molar-refractivity contribution is 1.08. The fraction of sp³-hybridized carbons (Fsp3) is 0.0909. The second-order valence-electron chi connectivity index (χ2n) is 3.37. The molecule has 0 saturated carbocycles. The lowest BCUT2D eigenvalue weighted by Crippen LogP contribution is -2.06. The van der Waals surface area contributed by atoms with Crippen molar-refractivity contribution >= 4 is 34.7 Å². The molecule has 6 heteroatoms. The number of anilines is 2. The Labute approximate surface area is 109 Å². The molecule has 3 N–H and O–H groups in total. The van der Waals surface area contributed by atoms with Crippen molar-refractivity contribution in [2.45, 2.75) is 6.54 Å². The molecule has 0 aliphatic heterocycles. The molecular formula is C11H10Cl2N4. The molecule has 17 heavy (non-hydrogen) atoms. The van der Waals surface area contributed by atoms with Crippen LogP contribution in [0.5, 0.6) is 0 Å². The van der Waals surface area contributed by atoms with Gasteiger partial charge in [-0.05, 0) is 11.6 Å². The first-order valence-electron chi connectivity index (χ1n) is 4.91. The highest BCUT2D eigenvalue weighted by Gasteiger charge is 2.06. The molecule has 88 valence electrons. The standard InChI is InChI=1S/C11H10Cl2N4/c12-8-4-2-1-3-7(8)5-15-11-9(14)10(13)16-6-17-11/h1-4,6H,5,14H2,(H,15,16,17). The fourth-order valence-electron chi connectivity index (χ4n) is 1.34. The van der Waals surface area contributed by atoms with Gasteiger partial charge in [-0.15, -0.1) is 0 Å². The van der Waals surface area contributed by atoms with Crippen molar-refractivity contribution < 1.29 is 0 Å². The van der Waals surface area contributed by atoms with Gasteiger partial charge < -0.3 is 11.1 Å². The van der Waals surface area contributed by atoms with E-state index in [0.717, 1.165) is 5.56 Å². The molecule has 1 heterocycles. The lowest BCUT2D eigenvalue weighted by Gasteiger charge is -2.09. The van der Waals surface area contributed by atoms with Crippen molar-refractivity contribution in [1.29, 1.82) is 0 Å². The first-order chi connectivity index (χ1) is 8.18. The molecule has 0 amide bonds. The van der Waals surface area contributed by atoms with Crippen LogP contribution in [-0.4, -0.2) is 9.97 Å². The van der Waals surface area contributed by atoms with Crippen LogP contribution in [0.15, 0.2) is 30.6 Å². The highest BCUT2D eigenvalue weighted by Crippen LogP contribution is 2.23. The Balaban J connectivity index is 2.13. The van der Waals surface area contributed by atoms with Gasteiger partial charge in [0, 0.05) is 11.6 Å². The van der Waals surface area contributed by atoms with Gasteiger partial charge in [0.15, 0.2) is 11.0 Å². The van der Waals surface area contributed by atoms with E-state index >= 15 is 0 Å². The van der Waals surface area contributed by atoms with Crippen LogP contribution in [0.1, 0.15) is 5.56 Å². The summed E-state index contributed by atoms with van der Waals surface area (Å²) < 4.78 is 0. The predicted molar refractivity (Wildman–Crippen MR) is 70.2 cm³/mol. The van der Waals surface area contributed by atoms with Gasteiger partial charge in [-0.2, -0.15) is 0 Å². The molecule has 0 saturated heterocycles. The largest absolute Gasteiger partial charge is 0.393 e. The van der Waals surface area contributed by atoms with Crippen LogP contribution in [0.3, 0.4) is 0 Å². The molecule has 1 aromatic carbocycles. The minimum Gasteiger partial charge on any atom is -0.393 e. The number of benzene rings is 1. The zero-order chi connectivity index (χ0) is 12.3. The van der Waals surface area contributed by atoms with E-state index in [0.29, 0.717) is 23.1 Å². The van der Waals surface area contributed by atoms with E-state index in [1.807, 2.05) is 24.3 Å². The SMILES string of the molecule is Nc1c(Cl)ncnc1NCc1ccccc1Cl. The molecular weight excluding hydrogens is 259 g/mol. The zero-order valence-electron chi connectivity index (χ0n) is 8.82. The average Bonchev–Trinajstić information content (AvgIpc) is 2.33. The van der Waals surface area contributed by atoms with Gasteiger partial charge in [-0.1, -0.05) is 41.4 Å². The Morgan fingerprint density at radius 2 is 1.94 bits per heavy atom. The van der Waals surface area contributed by atoms with Crippen LogP contribution >= 0.6 is 23.2 Å². The van der Waals surface area contributed by atoms with Gasteiger partial charge in [0.1, 0.15) is 12.0 Å². The number of hydrogen-bond acceptors (Lipinski definition) is 4. The summed E-state index contributed by atoms with van der Waals surface area (Å²) in [6.45, 7) is 0.525. The van der Waals surface area contributed by atoms with Crippen LogP contribution in [0.4, 0.5) is 11.5 Å². The fourth-order valence-corrected chi connectivity index (χ4v) is 1.67. The Bertz CT molecular complexity index is 531. The molecule has 0 bridgehead atoms. The zero-order valence-corrected chi connectivity index (χ0v) is 10.3. The smallest absolute Gasteiger partial charge is 0.157 e. The van der Waals surface area contributed by atoms with Gasteiger partial charge in [0.25, 0.3) is 0 Å². The van der Waals surface area contributed by atoms with Crippen molar-refractivity contribution in [2.24, 2.45) is 0 Å². The highest BCUT2D eigenvalue weighted by molar-refractivity contribution is 6.32. The minimum atomic E-state index is 0.238. The van der Waals surface area contributed by atoms with Gasteiger partial charge in [0.2, 0.25) is 0 Å². The second-order valence-corrected chi connectivity index (χ2v) is 4.14. The van der Waals surface area contributed by atoms with Crippen LogP contribution < -0.4 is 11.1 Å². The molecule has 0 atom stereocenters. The van der Waals surface area contributed by atoms with Crippen molar-refractivity contribution in [3.05, 3.63) is 46.3 Å². The molecule has 0 fully saturated rings. The van der Waals surface area contributed by atoms with E-state index in [4.69, 9.17) is 28.9 Å². The van der Waals surface area contributed by atoms with Crippen molar-refractivity contribution in [3.63, 3.8) is 0 Å². The summed E-state index contributed by atoms with van der Waals surface area (Å²) >= 11 is 11.8. The highest BCUT2D eigenvalue weighted by atomic mass is 35.5. The molecule has 4 nitrogen and oxygen atoms in total. The summed E-state index contributed by atoms with van der Waals surface area (Å²) in [6, 6.07) is 7.55. The number of nitrogens with zero attached hydrogens (tertiary/aromatic N) is 2. The summed E-state index contributed by atoms with van der Waals surface area (Å²) in [5, 5.41) is 4.00. The van der Waals surface area contributed by atoms with Gasteiger partial charge >= 0.3 is 0 Å². The van der Waals surface area contributed by atoms with Crippen LogP contribution in [-0.2, 0) is 6.54 Å². The molecule has 0 radical (unpaired) electrons. The minimum absolute atomic E-state index is 0.238. The van der Waals surface area contributed by atoms with Gasteiger partial charge in [0.05, 0.1) is 0 Å². The Kier molecular flexibility index (Phi) is 3.66. The molecule has 0 spiro atoms. The number of nitrogen functional groups attached to an aromatic ring is 1. The Morgan fingerprint density at radius 1 is 1.18 bits per heavy atom. The number of nitrogens with two attached hydrogens (primary N) is 1. The maximum absolute atomic E-state index is 6.03. The molecule has 1 aromatic heterocycles. The monoisotopic (exact) mass is 268 g/mol. The normalized spacial score (nSPS) is 10.2. The number of halogens is 2. The molecule has 0 aliphatic carbocycles. The molecule has 2 aromatic rings. The number of rotatable bonds is 3. The Morgan fingerprint density at radius 3 is 2.71 bits per heavy atom. The number of hydrogen-bond donors (Lipinski definition) is 2. The van der Waals surface area contributed by atoms with Crippen LogP contribution in [0.2, 0.25) is 10.2 Å². The number of aromatic nitrogens is 2. The maximum Gasteiger partial charge on any atom is 0.157 e. The molecule has 2 rings (SSSR count). The summed E-state index contributed by atoms with van der Waals surface area (Å²) in [5.41, 5.74) is 7.03. The summed E-state index contributed by atoms with van der Waals surface area (Å²) in [5.74, 6) is 0.505. The summed E-state index contributed by atoms with van der Waals surface area (Å²) in [7, 11) is 0. The van der Waals surface area contributed by atoms with E-state index in [1.54, 1.807) is 0 Å². The van der Waals surface area contributed by atoms with E-state index in [2.05, 4.69) is 15.3 Å². The topological polar surface area (TPSA) is 63.8 Å². The van der Waals surface area contributed by atoms with Gasteiger partial charge in [-0.25, -0.2) is 9.97 Å². The van der Waals surface area contributed by atoms with E-state index in [9.17, 15) is 0 Å². The van der Waals surface area contributed by atoms with Crippen molar-refractivity contribution in [1.82, 2.24) is 9.97 Å². The predicted octanol–water partition coefficient (Wildman–Crippen LogP) is 2.98. The quantitative estimate of drug-likeness (QED) is 0.841. The third-order valence-electron chi connectivity index (χ3n) is 2.24. The van der Waals surface area contributed by atoms with E-state index in [-0.39, 0.29) is 5.15 Å². The van der Waals surface area contributed by atoms with Gasteiger partial charge in [-0.3, -0.25) is 0 Å².